The van der Waals surface area contributed by atoms with Gasteiger partial charge in [-0.05, 0) is 29.8 Å². The van der Waals surface area contributed by atoms with Crippen molar-refractivity contribution in [1.82, 2.24) is 0 Å². The first-order valence-electron chi connectivity index (χ1n) is 5.32. The SMILES string of the molecule is N#CC(C(=O)OC1CO1)=C(C#N)c1ccc(O)cc1. The zero-order valence-electron chi connectivity index (χ0n) is 9.66. The Morgan fingerprint density at radius 3 is 2.42 bits per heavy atom. The number of phenolic OH excluding ortho intramolecular Hbond substituents is 1. The van der Waals surface area contributed by atoms with Crippen LogP contribution in [0.3, 0.4) is 0 Å². The number of ether oxygens (including phenoxy) is 2. The van der Waals surface area contributed by atoms with Gasteiger partial charge in [0.1, 0.15) is 24.5 Å². The van der Waals surface area contributed by atoms with Gasteiger partial charge in [0.05, 0.1) is 5.57 Å². The number of hydrogen-bond acceptors (Lipinski definition) is 6. The van der Waals surface area contributed by atoms with Gasteiger partial charge in [0.25, 0.3) is 0 Å². The van der Waals surface area contributed by atoms with Crippen LogP contribution in [0.15, 0.2) is 29.8 Å². The number of carbonyl (C=O) groups is 1. The summed E-state index contributed by atoms with van der Waals surface area (Å²) in [5.74, 6) is -0.872. The number of benzene rings is 1. The summed E-state index contributed by atoms with van der Waals surface area (Å²) in [6.45, 7) is 0.297. The van der Waals surface area contributed by atoms with Gasteiger partial charge in [-0.15, -0.1) is 0 Å². The van der Waals surface area contributed by atoms with Crippen molar-refractivity contribution >= 4 is 11.5 Å². The molecule has 0 radical (unpaired) electrons. The summed E-state index contributed by atoms with van der Waals surface area (Å²) in [5, 5.41) is 27.3. The van der Waals surface area contributed by atoms with E-state index in [1.165, 1.54) is 24.3 Å². The minimum Gasteiger partial charge on any atom is -0.508 e. The second kappa shape index (κ2) is 5.21. The molecule has 1 aromatic carbocycles. The summed E-state index contributed by atoms with van der Waals surface area (Å²) in [5.41, 5.74) is -0.137. The summed E-state index contributed by atoms with van der Waals surface area (Å²) in [4.78, 5) is 11.7. The second-order valence-corrected chi connectivity index (χ2v) is 3.69. The van der Waals surface area contributed by atoms with Gasteiger partial charge in [-0.25, -0.2) is 4.79 Å². The maximum Gasteiger partial charge on any atom is 0.352 e. The van der Waals surface area contributed by atoms with Crippen LogP contribution in [0, 0.1) is 22.7 Å². The Balaban J connectivity index is 2.37. The van der Waals surface area contributed by atoms with E-state index in [-0.39, 0.29) is 16.9 Å². The quantitative estimate of drug-likeness (QED) is 0.375. The fourth-order valence-electron chi connectivity index (χ4n) is 1.38. The Hall–Kier alpha value is -2.83. The molecule has 1 aliphatic heterocycles. The number of epoxide rings is 1. The van der Waals surface area contributed by atoms with Crippen LogP contribution in [0.25, 0.3) is 5.57 Å². The number of esters is 1. The predicted octanol–water partition coefficient (Wildman–Crippen LogP) is 1.09. The molecule has 1 aliphatic rings. The molecule has 1 atom stereocenters. The normalized spacial score (nSPS) is 17.7. The van der Waals surface area contributed by atoms with Gasteiger partial charge in [-0.3, -0.25) is 0 Å². The minimum atomic E-state index is -0.894. The molecule has 1 saturated heterocycles. The molecule has 0 bridgehead atoms. The number of nitrogens with zero attached hydrogens (tertiary/aromatic N) is 2. The van der Waals surface area contributed by atoms with E-state index in [1.807, 2.05) is 0 Å². The zero-order chi connectivity index (χ0) is 13.8. The predicted molar refractivity (Wildman–Crippen MR) is 62.1 cm³/mol. The Morgan fingerprint density at radius 2 is 1.95 bits per heavy atom. The van der Waals surface area contributed by atoms with E-state index in [1.54, 1.807) is 12.1 Å². The van der Waals surface area contributed by atoms with Crippen LogP contribution in [0.5, 0.6) is 5.75 Å². The van der Waals surface area contributed by atoms with Crippen LogP contribution in [0.4, 0.5) is 0 Å². The van der Waals surface area contributed by atoms with E-state index in [9.17, 15) is 9.90 Å². The van der Waals surface area contributed by atoms with Crippen molar-refractivity contribution in [2.24, 2.45) is 0 Å². The topological polar surface area (TPSA) is 107 Å². The average molecular weight is 256 g/mol. The lowest BCUT2D eigenvalue weighted by Gasteiger charge is -2.03. The van der Waals surface area contributed by atoms with Crippen molar-refractivity contribution in [3.63, 3.8) is 0 Å². The molecule has 0 amide bonds. The van der Waals surface area contributed by atoms with Gasteiger partial charge in [-0.1, -0.05) is 0 Å². The number of rotatable bonds is 3. The lowest BCUT2D eigenvalue weighted by Crippen LogP contribution is -2.10. The van der Waals surface area contributed by atoms with Crippen molar-refractivity contribution in [1.29, 1.82) is 10.5 Å². The molecule has 1 heterocycles. The van der Waals surface area contributed by atoms with Crippen LogP contribution in [-0.2, 0) is 14.3 Å². The zero-order valence-corrected chi connectivity index (χ0v) is 9.66. The van der Waals surface area contributed by atoms with Crippen LogP contribution >= 0.6 is 0 Å². The van der Waals surface area contributed by atoms with E-state index >= 15 is 0 Å². The highest BCUT2D eigenvalue weighted by molar-refractivity contribution is 6.04. The van der Waals surface area contributed by atoms with Gasteiger partial charge < -0.3 is 14.6 Å². The highest BCUT2D eigenvalue weighted by Crippen LogP contribution is 2.22. The van der Waals surface area contributed by atoms with E-state index < -0.39 is 12.3 Å². The first-order valence-corrected chi connectivity index (χ1v) is 5.32. The molecule has 6 heteroatoms. The molecule has 2 rings (SSSR count). The highest BCUT2D eigenvalue weighted by Gasteiger charge is 2.30. The molecular formula is C13H8N2O4. The third-order valence-electron chi connectivity index (χ3n) is 2.37. The molecule has 1 N–H and O–H groups in total. The Bertz CT molecular complexity index is 616. The van der Waals surface area contributed by atoms with Gasteiger partial charge >= 0.3 is 5.97 Å². The molecule has 94 valence electrons. The summed E-state index contributed by atoms with van der Waals surface area (Å²) in [7, 11) is 0. The monoisotopic (exact) mass is 256 g/mol. The first-order chi connectivity index (χ1) is 9.15. The highest BCUT2D eigenvalue weighted by atomic mass is 16.8. The van der Waals surface area contributed by atoms with Crippen molar-refractivity contribution in [2.45, 2.75) is 6.29 Å². The molecule has 19 heavy (non-hydrogen) atoms. The number of carbonyl (C=O) groups excluding carboxylic acids is 1. The van der Waals surface area contributed by atoms with E-state index in [4.69, 9.17) is 20.0 Å². The van der Waals surface area contributed by atoms with Gasteiger partial charge in [0, 0.05) is 0 Å². The number of aromatic hydroxyl groups is 1. The van der Waals surface area contributed by atoms with E-state index in [0.717, 1.165) is 0 Å². The molecule has 6 nitrogen and oxygen atoms in total. The second-order valence-electron chi connectivity index (χ2n) is 3.69. The molecular weight excluding hydrogens is 248 g/mol. The lowest BCUT2D eigenvalue weighted by molar-refractivity contribution is -0.143. The van der Waals surface area contributed by atoms with Crippen LogP contribution in [0.1, 0.15) is 5.56 Å². The standard InChI is InChI=1S/C13H8N2O4/c14-5-10(8-1-3-9(16)4-2-8)11(6-15)13(17)19-12-7-18-12/h1-4,12,16H,7H2. The Kier molecular flexibility index (Phi) is 3.46. The molecule has 1 aromatic rings. The molecule has 1 unspecified atom stereocenters. The van der Waals surface area contributed by atoms with Crippen LogP contribution < -0.4 is 0 Å². The average Bonchev–Trinajstić information content (AvgIpc) is 3.21. The fourth-order valence-corrected chi connectivity index (χ4v) is 1.38. The maximum atomic E-state index is 11.7. The molecule has 1 fully saturated rings. The van der Waals surface area contributed by atoms with Crippen molar-refractivity contribution in [2.75, 3.05) is 6.61 Å². The van der Waals surface area contributed by atoms with Crippen molar-refractivity contribution < 1.29 is 19.4 Å². The Morgan fingerprint density at radius 1 is 1.32 bits per heavy atom. The largest absolute Gasteiger partial charge is 0.508 e. The third kappa shape index (κ3) is 2.89. The van der Waals surface area contributed by atoms with Crippen LogP contribution in [-0.4, -0.2) is 24.0 Å². The summed E-state index contributed by atoms with van der Waals surface area (Å²) in [6.07, 6.45) is -0.629. The van der Waals surface area contributed by atoms with Gasteiger partial charge in [-0.2, -0.15) is 10.5 Å². The third-order valence-corrected chi connectivity index (χ3v) is 2.37. The minimum absolute atomic E-state index is 0.0218. The molecule has 0 aromatic heterocycles. The number of hydrogen-bond donors (Lipinski definition) is 1. The number of nitriles is 2. The van der Waals surface area contributed by atoms with E-state index in [2.05, 4.69) is 0 Å². The van der Waals surface area contributed by atoms with Gasteiger partial charge in [0.2, 0.25) is 6.29 Å². The van der Waals surface area contributed by atoms with Crippen molar-refractivity contribution in [3.05, 3.63) is 35.4 Å². The number of allylic oxidation sites excluding steroid dienone is 1. The summed E-state index contributed by atoms with van der Waals surface area (Å²) >= 11 is 0. The Labute approximate surface area is 108 Å². The maximum absolute atomic E-state index is 11.7. The molecule has 0 aliphatic carbocycles. The van der Waals surface area contributed by atoms with Gasteiger partial charge in [0.15, 0.2) is 5.57 Å². The lowest BCUT2D eigenvalue weighted by atomic mass is 10.0. The number of phenols is 1. The smallest absolute Gasteiger partial charge is 0.352 e. The first kappa shape index (κ1) is 12.6. The summed E-state index contributed by atoms with van der Waals surface area (Å²) in [6, 6.07) is 9.05. The summed E-state index contributed by atoms with van der Waals surface area (Å²) < 4.78 is 9.52. The van der Waals surface area contributed by atoms with Crippen molar-refractivity contribution in [3.8, 4) is 17.9 Å². The fraction of sp³-hybridized carbons (Fsp3) is 0.154. The van der Waals surface area contributed by atoms with E-state index in [0.29, 0.717) is 12.2 Å². The van der Waals surface area contributed by atoms with Crippen LogP contribution in [0.2, 0.25) is 0 Å². The molecule has 0 saturated carbocycles. The molecule has 0 spiro atoms.